The van der Waals surface area contributed by atoms with Crippen molar-refractivity contribution in [3.63, 3.8) is 0 Å². The number of nitrogens with one attached hydrogen (secondary N) is 1. The van der Waals surface area contributed by atoms with Crippen molar-refractivity contribution in [3.05, 3.63) is 77.9 Å². The number of hydrogen-bond acceptors (Lipinski definition) is 4. The third-order valence-electron chi connectivity index (χ3n) is 3.60. The van der Waals surface area contributed by atoms with E-state index in [4.69, 9.17) is 0 Å². The number of imidazole rings is 1. The van der Waals surface area contributed by atoms with Gasteiger partial charge in [0.05, 0.1) is 6.20 Å². The minimum Gasteiger partial charge on any atom is -0.337 e. The summed E-state index contributed by atoms with van der Waals surface area (Å²) in [6.45, 7) is 2.03. The number of hydrogen-bond donors (Lipinski definition) is 1. The maximum absolute atomic E-state index is 12.5. The summed E-state index contributed by atoms with van der Waals surface area (Å²) >= 11 is 0. The molecule has 1 aromatic carbocycles. The lowest BCUT2D eigenvalue weighted by Crippen LogP contribution is -2.31. The topological polar surface area (TPSA) is 72.7 Å². The van der Waals surface area contributed by atoms with Crippen LogP contribution >= 0.6 is 0 Å². The molecular weight excluding hydrogens is 290 g/mol. The van der Waals surface area contributed by atoms with Gasteiger partial charge in [0.15, 0.2) is 0 Å². The Kier molecular flexibility index (Phi) is 4.14. The van der Waals surface area contributed by atoms with E-state index in [1.807, 2.05) is 49.0 Å². The maximum Gasteiger partial charge on any atom is 0.272 e. The van der Waals surface area contributed by atoms with Crippen molar-refractivity contribution in [1.29, 1.82) is 0 Å². The van der Waals surface area contributed by atoms with E-state index < -0.39 is 0 Å². The molecule has 1 N–H and O–H groups in total. The van der Waals surface area contributed by atoms with Gasteiger partial charge in [-0.05, 0) is 12.5 Å². The summed E-state index contributed by atoms with van der Waals surface area (Å²) in [6, 6.07) is 7.65. The van der Waals surface area contributed by atoms with E-state index in [9.17, 15) is 4.79 Å². The van der Waals surface area contributed by atoms with E-state index in [1.54, 1.807) is 6.20 Å². The second-order valence-electron chi connectivity index (χ2n) is 5.30. The Bertz CT molecular complexity index is 795. The van der Waals surface area contributed by atoms with Crippen LogP contribution in [0.3, 0.4) is 0 Å². The van der Waals surface area contributed by atoms with Gasteiger partial charge in [0.25, 0.3) is 5.91 Å². The molecule has 0 saturated carbocycles. The molecule has 0 bridgehead atoms. The van der Waals surface area contributed by atoms with E-state index in [0.29, 0.717) is 0 Å². The largest absolute Gasteiger partial charge is 0.337 e. The Labute approximate surface area is 134 Å². The maximum atomic E-state index is 12.5. The Morgan fingerprint density at radius 2 is 1.91 bits per heavy atom. The average molecular weight is 307 g/mol. The fourth-order valence-corrected chi connectivity index (χ4v) is 2.33. The Morgan fingerprint density at radius 3 is 2.52 bits per heavy atom. The van der Waals surface area contributed by atoms with Crippen LogP contribution in [-0.2, 0) is 7.05 Å². The van der Waals surface area contributed by atoms with Crippen LogP contribution in [0, 0.1) is 6.92 Å². The van der Waals surface area contributed by atoms with Crippen molar-refractivity contribution in [1.82, 2.24) is 24.8 Å². The van der Waals surface area contributed by atoms with Crippen LogP contribution in [0.5, 0.6) is 0 Å². The molecule has 116 valence electrons. The minimum absolute atomic E-state index is 0.277. The smallest absolute Gasteiger partial charge is 0.272 e. The van der Waals surface area contributed by atoms with Gasteiger partial charge in [-0.3, -0.25) is 9.78 Å². The summed E-state index contributed by atoms with van der Waals surface area (Å²) in [4.78, 5) is 24.8. The predicted molar refractivity (Wildman–Crippen MR) is 85.7 cm³/mol. The highest BCUT2D eigenvalue weighted by Crippen LogP contribution is 2.21. The van der Waals surface area contributed by atoms with Gasteiger partial charge in [0.2, 0.25) is 0 Å². The van der Waals surface area contributed by atoms with Gasteiger partial charge in [0, 0.05) is 31.8 Å². The molecule has 3 aromatic rings. The molecule has 6 heteroatoms. The number of rotatable bonds is 4. The lowest BCUT2D eigenvalue weighted by atomic mass is 10.0. The van der Waals surface area contributed by atoms with Crippen molar-refractivity contribution >= 4 is 5.91 Å². The zero-order valence-corrected chi connectivity index (χ0v) is 13.0. The van der Waals surface area contributed by atoms with Crippen LogP contribution in [0.4, 0.5) is 0 Å². The molecule has 1 unspecified atom stereocenters. The van der Waals surface area contributed by atoms with E-state index in [2.05, 4.69) is 20.3 Å². The van der Waals surface area contributed by atoms with Crippen LogP contribution < -0.4 is 5.32 Å². The van der Waals surface area contributed by atoms with Crippen molar-refractivity contribution in [3.8, 4) is 0 Å². The molecule has 0 aliphatic heterocycles. The molecule has 0 aliphatic rings. The second-order valence-corrected chi connectivity index (χ2v) is 5.30. The summed E-state index contributed by atoms with van der Waals surface area (Å²) in [5.41, 5.74) is 2.40. The monoisotopic (exact) mass is 307 g/mol. The van der Waals surface area contributed by atoms with E-state index in [1.165, 1.54) is 18.6 Å². The van der Waals surface area contributed by atoms with Crippen LogP contribution in [0.15, 0.2) is 55.2 Å². The van der Waals surface area contributed by atoms with Crippen LogP contribution in [0.1, 0.15) is 33.5 Å². The summed E-state index contributed by atoms with van der Waals surface area (Å²) < 4.78 is 1.89. The van der Waals surface area contributed by atoms with Crippen molar-refractivity contribution in [2.24, 2.45) is 7.05 Å². The second kappa shape index (κ2) is 6.39. The molecule has 23 heavy (non-hydrogen) atoms. The fraction of sp³-hybridized carbons (Fsp3) is 0.176. The summed E-state index contributed by atoms with van der Waals surface area (Å²) in [5.74, 6) is 0.470. The molecule has 0 fully saturated rings. The normalized spacial score (nSPS) is 11.9. The minimum atomic E-state index is -0.356. The number of carbonyl (C=O) groups is 1. The van der Waals surface area contributed by atoms with Crippen molar-refractivity contribution in [2.75, 3.05) is 0 Å². The van der Waals surface area contributed by atoms with Gasteiger partial charge in [-0.2, -0.15) is 0 Å². The molecule has 2 heterocycles. The van der Waals surface area contributed by atoms with E-state index in [0.717, 1.165) is 17.0 Å². The van der Waals surface area contributed by atoms with Gasteiger partial charge < -0.3 is 9.88 Å². The Balaban J connectivity index is 1.94. The summed E-state index contributed by atoms with van der Waals surface area (Å²) in [5, 5.41) is 2.99. The van der Waals surface area contributed by atoms with E-state index >= 15 is 0 Å². The van der Waals surface area contributed by atoms with Gasteiger partial charge in [-0.15, -0.1) is 0 Å². The summed E-state index contributed by atoms with van der Waals surface area (Å²) in [7, 11) is 1.90. The fourth-order valence-electron chi connectivity index (χ4n) is 2.33. The molecule has 2 aromatic heterocycles. The molecule has 0 saturated heterocycles. The molecule has 1 amide bonds. The number of benzene rings is 1. The van der Waals surface area contributed by atoms with Gasteiger partial charge in [-0.1, -0.05) is 29.8 Å². The third-order valence-corrected chi connectivity index (χ3v) is 3.60. The zero-order valence-electron chi connectivity index (χ0n) is 13.0. The standard InChI is InChI=1S/C17H17N5O/c1-12-3-5-13(6-4-12)15(16-20-9-10-22(16)2)21-17(23)14-11-18-7-8-19-14/h3-11,15H,1-2H3,(H,21,23). The first-order valence-electron chi connectivity index (χ1n) is 7.26. The molecule has 6 nitrogen and oxygen atoms in total. The van der Waals surface area contributed by atoms with Crippen molar-refractivity contribution < 1.29 is 4.79 Å². The lowest BCUT2D eigenvalue weighted by molar-refractivity contribution is 0.0935. The average Bonchev–Trinajstić information content (AvgIpc) is 3.00. The first kappa shape index (κ1) is 14.9. The van der Waals surface area contributed by atoms with Crippen molar-refractivity contribution in [2.45, 2.75) is 13.0 Å². The lowest BCUT2D eigenvalue weighted by Gasteiger charge is -2.19. The highest BCUT2D eigenvalue weighted by atomic mass is 16.2. The number of aryl methyl sites for hydroxylation is 2. The van der Waals surface area contributed by atoms with Crippen LogP contribution in [-0.4, -0.2) is 25.4 Å². The Morgan fingerprint density at radius 1 is 1.13 bits per heavy atom. The first-order chi connectivity index (χ1) is 11.1. The zero-order chi connectivity index (χ0) is 16.2. The highest BCUT2D eigenvalue weighted by molar-refractivity contribution is 5.92. The number of nitrogens with zero attached hydrogens (tertiary/aromatic N) is 4. The molecule has 0 aliphatic carbocycles. The van der Waals surface area contributed by atoms with Gasteiger partial charge >= 0.3 is 0 Å². The SMILES string of the molecule is Cc1ccc(C(NC(=O)c2cnccn2)c2nccn2C)cc1. The number of amides is 1. The molecule has 0 spiro atoms. The third kappa shape index (κ3) is 3.26. The Hall–Kier alpha value is -3.02. The van der Waals surface area contributed by atoms with Gasteiger partial charge in [0.1, 0.15) is 17.6 Å². The van der Waals surface area contributed by atoms with Gasteiger partial charge in [-0.25, -0.2) is 9.97 Å². The molecule has 1 atom stereocenters. The molecule has 0 radical (unpaired) electrons. The molecular formula is C17H17N5O. The van der Waals surface area contributed by atoms with Crippen LogP contribution in [0.25, 0.3) is 0 Å². The summed E-state index contributed by atoms with van der Waals surface area (Å²) in [6.07, 6.45) is 8.04. The molecule has 3 rings (SSSR count). The quantitative estimate of drug-likeness (QED) is 0.800. The van der Waals surface area contributed by atoms with Crippen LogP contribution in [0.2, 0.25) is 0 Å². The number of carbonyl (C=O) groups excluding carboxylic acids is 1. The highest BCUT2D eigenvalue weighted by Gasteiger charge is 2.21. The number of aromatic nitrogens is 4. The first-order valence-corrected chi connectivity index (χ1v) is 7.26. The van der Waals surface area contributed by atoms with E-state index in [-0.39, 0.29) is 17.6 Å². The predicted octanol–water partition coefficient (Wildman–Crippen LogP) is 2.04.